The highest BCUT2D eigenvalue weighted by atomic mass is 32.2. The van der Waals surface area contributed by atoms with Crippen LogP contribution in [0.1, 0.15) is 47.1 Å². The van der Waals surface area contributed by atoms with Crippen LogP contribution >= 0.6 is 11.3 Å². The van der Waals surface area contributed by atoms with Crippen LogP contribution in [0.5, 0.6) is 0 Å². The maximum atomic E-state index is 14.7. The van der Waals surface area contributed by atoms with Crippen molar-refractivity contribution in [3.05, 3.63) is 82.0 Å². The fourth-order valence-electron chi connectivity index (χ4n) is 4.22. The minimum atomic E-state index is -4.21. The number of rotatable bonds is 9. The highest BCUT2D eigenvalue weighted by Crippen LogP contribution is 2.38. The number of nitrogens with two attached hydrogens (primary N) is 1. The van der Waals surface area contributed by atoms with Crippen LogP contribution in [0.2, 0.25) is 0 Å². The molecule has 0 bridgehead atoms. The lowest BCUT2D eigenvalue weighted by Crippen LogP contribution is -2.14. The first-order valence-corrected chi connectivity index (χ1v) is 14.4. The number of primary sulfonamides is 1. The predicted octanol–water partition coefficient (Wildman–Crippen LogP) is 4.64. The highest BCUT2D eigenvalue weighted by molar-refractivity contribution is 7.89. The van der Waals surface area contributed by atoms with E-state index in [0.29, 0.717) is 34.3 Å². The topological polar surface area (TPSA) is 117 Å². The molecule has 2 aromatic carbocycles. The van der Waals surface area contributed by atoms with E-state index in [1.54, 1.807) is 29.1 Å². The molecular formula is C26H24F2N4O4S2. The van der Waals surface area contributed by atoms with Gasteiger partial charge >= 0.3 is 5.97 Å². The molecule has 0 aliphatic heterocycles. The Kier molecular flexibility index (Phi) is 7.12. The van der Waals surface area contributed by atoms with E-state index in [1.165, 1.54) is 29.5 Å². The highest BCUT2D eigenvalue weighted by Gasteiger charge is 2.29. The first-order chi connectivity index (χ1) is 18.1. The Hall–Kier alpha value is -3.48. The van der Waals surface area contributed by atoms with Gasteiger partial charge in [0.1, 0.15) is 16.5 Å². The van der Waals surface area contributed by atoms with E-state index in [1.807, 2.05) is 0 Å². The summed E-state index contributed by atoms with van der Waals surface area (Å²) in [5.74, 6) is -1.43. The molecule has 5 rings (SSSR count). The summed E-state index contributed by atoms with van der Waals surface area (Å²) in [4.78, 5) is 16.1. The summed E-state index contributed by atoms with van der Waals surface area (Å²) in [7, 11) is -4.21. The van der Waals surface area contributed by atoms with E-state index in [4.69, 9.17) is 15.0 Å². The number of benzene rings is 2. The Morgan fingerprint density at radius 3 is 2.55 bits per heavy atom. The lowest BCUT2D eigenvalue weighted by atomic mass is 9.97. The number of hydrogen-bond acceptors (Lipinski definition) is 7. The third-order valence-electron chi connectivity index (χ3n) is 6.23. The lowest BCUT2D eigenvalue weighted by Gasteiger charge is -2.10. The average molecular weight is 559 g/mol. The molecule has 1 aliphatic carbocycles. The molecule has 0 unspecified atom stereocenters. The summed E-state index contributed by atoms with van der Waals surface area (Å²) >= 11 is 1.24. The van der Waals surface area contributed by atoms with Gasteiger partial charge in [-0.25, -0.2) is 36.8 Å². The zero-order valence-corrected chi connectivity index (χ0v) is 22.0. The molecule has 0 atom stereocenters. The van der Waals surface area contributed by atoms with E-state index in [0.717, 1.165) is 36.2 Å². The molecule has 2 N–H and O–H groups in total. The number of nitrogens with zero attached hydrogens (tertiary/aromatic N) is 3. The van der Waals surface area contributed by atoms with Crippen LogP contribution in [0.15, 0.2) is 52.7 Å². The van der Waals surface area contributed by atoms with Crippen LogP contribution in [0, 0.1) is 17.6 Å². The summed E-state index contributed by atoms with van der Waals surface area (Å²) < 4.78 is 58.5. The van der Waals surface area contributed by atoms with Crippen molar-refractivity contribution < 1.29 is 26.7 Å². The summed E-state index contributed by atoms with van der Waals surface area (Å²) in [6, 6.07) is 9.70. The molecule has 38 heavy (non-hydrogen) atoms. The fraction of sp³-hybridized carbons (Fsp3) is 0.269. The lowest BCUT2D eigenvalue weighted by molar-refractivity contribution is 0.0520. The van der Waals surface area contributed by atoms with Crippen molar-refractivity contribution in [2.24, 2.45) is 11.1 Å². The predicted molar refractivity (Wildman–Crippen MR) is 138 cm³/mol. The Morgan fingerprint density at radius 1 is 1.18 bits per heavy atom. The molecule has 8 nitrogen and oxygen atoms in total. The van der Waals surface area contributed by atoms with Crippen molar-refractivity contribution in [1.29, 1.82) is 0 Å². The second kappa shape index (κ2) is 10.4. The van der Waals surface area contributed by atoms with Crippen LogP contribution in [-0.2, 0) is 27.6 Å². The molecule has 0 amide bonds. The van der Waals surface area contributed by atoms with Crippen molar-refractivity contribution in [3.8, 4) is 16.4 Å². The summed E-state index contributed by atoms with van der Waals surface area (Å²) in [6.07, 6.45) is 3.02. The van der Waals surface area contributed by atoms with Crippen LogP contribution in [0.25, 0.3) is 16.4 Å². The zero-order chi connectivity index (χ0) is 27.0. The Bertz CT molecular complexity index is 1610. The number of hydrogen-bond donors (Lipinski definition) is 1. The maximum absolute atomic E-state index is 14.7. The van der Waals surface area contributed by atoms with Gasteiger partial charge in [0.25, 0.3) is 0 Å². The summed E-state index contributed by atoms with van der Waals surface area (Å²) in [6.45, 7) is 1.94. The first kappa shape index (κ1) is 26.1. The number of carbonyl (C=O) groups is 1. The van der Waals surface area contributed by atoms with Gasteiger partial charge in [-0.05, 0) is 74.1 Å². The van der Waals surface area contributed by atoms with Gasteiger partial charge in [0.15, 0.2) is 5.69 Å². The van der Waals surface area contributed by atoms with Crippen molar-refractivity contribution in [2.45, 2.75) is 37.5 Å². The Balaban J connectivity index is 1.64. The molecule has 0 radical (unpaired) electrons. The van der Waals surface area contributed by atoms with Crippen LogP contribution in [0.3, 0.4) is 0 Å². The zero-order valence-electron chi connectivity index (χ0n) is 20.4. The number of carbonyl (C=O) groups excluding carboxylic acids is 1. The van der Waals surface area contributed by atoms with E-state index >= 15 is 0 Å². The van der Waals surface area contributed by atoms with Gasteiger partial charge in [0.2, 0.25) is 15.2 Å². The second-order valence-corrected chi connectivity index (χ2v) is 11.4. The van der Waals surface area contributed by atoms with Crippen molar-refractivity contribution >= 4 is 27.3 Å². The standard InChI is InChI=1S/C26H24F2N4O4S2/c1-2-36-25(33)21-14-37-26(30-21)32-22(13-15-3-4-15)19(24(31-32)17-6-8-18(27)9-7-17)11-16-5-10-23(20(28)12-16)38(29,34)35/h5-10,12,14-15H,2-4,11,13H2,1H3,(H2,29,34,35). The molecule has 0 saturated heterocycles. The van der Waals surface area contributed by atoms with Crippen LogP contribution in [0.4, 0.5) is 8.78 Å². The van der Waals surface area contributed by atoms with Gasteiger partial charge < -0.3 is 4.74 Å². The van der Waals surface area contributed by atoms with E-state index in [-0.39, 0.29) is 18.7 Å². The number of aromatic nitrogens is 3. The molecule has 1 fully saturated rings. The van der Waals surface area contributed by atoms with Gasteiger partial charge in [0.05, 0.1) is 18.0 Å². The Morgan fingerprint density at radius 2 is 1.92 bits per heavy atom. The molecule has 4 aromatic rings. The minimum Gasteiger partial charge on any atom is -0.461 e. The summed E-state index contributed by atoms with van der Waals surface area (Å²) in [5, 5.41) is 12.0. The largest absolute Gasteiger partial charge is 0.461 e. The molecule has 2 heterocycles. The van der Waals surface area contributed by atoms with Crippen molar-refractivity contribution in [2.75, 3.05) is 6.61 Å². The molecule has 0 spiro atoms. The minimum absolute atomic E-state index is 0.172. The average Bonchev–Trinajstić information content (AvgIpc) is 3.42. The number of ether oxygens (including phenoxy) is 1. The van der Waals surface area contributed by atoms with Gasteiger partial charge in [0, 0.05) is 22.9 Å². The number of halogens is 2. The van der Waals surface area contributed by atoms with Crippen molar-refractivity contribution in [1.82, 2.24) is 14.8 Å². The van der Waals surface area contributed by atoms with Crippen LogP contribution < -0.4 is 5.14 Å². The van der Waals surface area contributed by atoms with Gasteiger partial charge in [-0.15, -0.1) is 11.3 Å². The monoisotopic (exact) mass is 558 g/mol. The normalized spacial score (nSPS) is 13.6. The quantitative estimate of drug-likeness (QED) is 0.299. The first-order valence-electron chi connectivity index (χ1n) is 11.9. The molecule has 1 saturated carbocycles. The van der Waals surface area contributed by atoms with Gasteiger partial charge in [-0.1, -0.05) is 6.07 Å². The van der Waals surface area contributed by atoms with Crippen LogP contribution in [-0.4, -0.2) is 35.8 Å². The smallest absolute Gasteiger partial charge is 0.357 e. The SMILES string of the molecule is CCOC(=O)c1csc(-n2nc(-c3ccc(F)cc3)c(Cc3ccc(S(N)(=O)=O)c(F)c3)c2CC2CC2)n1. The third kappa shape index (κ3) is 5.52. The van der Waals surface area contributed by atoms with Gasteiger partial charge in [-0.3, -0.25) is 0 Å². The number of esters is 1. The van der Waals surface area contributed by atoms with Gasteiger partial charge in [-0.2, -0.15) is 5.10 Å². The molecular weight excluding hydrogens is 534 g/mol. The second-order valence-electron chi connectivity index (χ2n) is 9.06. The van der Waals surface area contributed by atoms with E-state index in [9.17, 15) is 22.0 Å². The third-order valence-corrected chi connectivity index (χ3v) is 7.99. The fourth-order valence-corrected chi connectivity index (χ4v) is 5.58. The Labute approximate surface area is 222 Å². The maximum Gasteiger partial charge on any atom is 0.357 e. The van der Waals surface area contributed by atoms with Crippen molar-refractivity contribution in [3.63, 3.8) is 0 Å². The molecule has 1 aliphatic rings. The van der Waals surface area contributed by atoms with E-state index in [2.05, 4.69) is 4.98 Å². The number of sulfonamides is 1. The summed E-state index contributed by atoms with van der Waals surface area (Å²) in [5.41, 5.74) is 3.52. The molecule has 12 heteroatoms. The van der Waals surface area contributed by atoms with E-state index < -0.39 is 32.5 Å². The molecule has 2 aromatic heterocycles. The number of thiazole rings is 1. The molecule has 198 valence electrons.